The minimum Gasteiger partial charge on any atom is -0.486 e. The Balaban J connectivity index is 0.000000177. The standard InChI is InChI=1S/C14H20N2O.C8H8O2/c1-11-3-5-13(6-4-11)9-16-8-7-14(10-16)15-12(2)17;1-2-4-8-7(3-1)9-5-6-10-8/h3-6,14H,7-10H2,1-2H3,(H,15,17);1-4H,5-6H2. The van der Waals surface area contributed by atoms with E-state index in [9.17, 15) is 4.79 Å². The second kappa shape index (κ2) is 9.42. The van der Waals surface area contributed by atoms with Gasteiger partial charge in [0.15, 0.2) is 11.5 Å². The van der Waals surface area contributed by atoms with Crippen molar-refractivity contribution in [3.8, 4) is 11.5 Å². The van der Waals surface area contributed by atoms with Gasteiger partial charge in [0.05, 0.1) is 0 Å². The van der Waals surface area contributed by atoms with Gasteiger partial charge in [-0.05, 0) is 31.0 Å². The summed E-state index contributed by atoms with van der Waals surface area (Å²) in [4.78, 5) is 13.4. The summed E-state index contributed by atoms with van der Waals surface area (Å²) in [5, 5.41) is 2.99. The van der Waals surface area contributed by atoms with Crippen LogP contribution in [0.4, 0.5) is 0 Å². The lowest BCUT2D eigenvalue weighted by Gasteiger charge is -2.17. The highest BCUT2D eigenvalue weighted by Crippen LogP contribution is 2.28. The summed E-state index contributed by atoms with van der Waals surface area (Å²) in [5.74, 6) is 1.79. The van der Waals surface area contributed by atoms with Gasteiger partial charge < -0.3 is 14.8 Å². The van der Waals surface area contributed by atoms with Crippen LogP contribution in [0.15, 0.2) is 48.5 Å². The SMILES string of the molecule is CC(=O)NC1CCN(Cc2ccc(C)cc2)C1.c1ccc2c(c1)OCCO2. The molecule has 1 atom stereocenters. The third-order valence-corrected chi connectivity index (χ3v) is 4.65. The first kappa shape index (κ1) is 19.2. The van der Waals surface area contributed by atoms with E-state index in [2.05, 4.69) is 41.4 Å². The van der Waals surface area contributed by atoms with Crippen LogP contribution in [0.5, 0.6) is 11.5 Å². The highest BCUT2D eigenvalue weighted by molar-refractivity contribution is 5.73. The summed E-state index contributed by atoms with van der Waals surface area (Å²) in [6.07, 6.45) is 1.06. The number of likely N-dealkylation sites (tertiary alicyclic amines) is 1. The van der Waals surface area contributed by atoms with Crippen molar-refractivity contribution >= 4 is 5.91 Å². The van der Waals surface area contributed by atoms with Crippen LogP contribution >= 0.6 is 0 Å². The monoisotopic (exact) mass is 368 g/mol. The van der Waals surface area contributed by atoms with E-state index in [1.165, 1.54) is 11.1 Å². The Labute approximate surface area is 161 Å². The molecule has 0 radical (unpaired) electrons. The quantitative estimate of drug-likeness (QED) is 0.904. The molecule has 0 aliphatic carbocycles. The Morgan fingerprint density at radius 3 is 2.30 bits per heavy atom. The van der Waals surface area contributed by atoms with Gasteiger partial charge in [-0.25, -0.2) is 0 Å². The molecule has 1 N–H and O–H groups in total. The molecule has 0 bridgehead atoms. The highest BCUT2D eigenvalue weighted by Gasteiger charge is 2.22. The maximum Gasteiger partial charge on any atom is 0.217 e. The second-order valence-electron chi connectivity index (χ2n) is 7.05. The highest BCUT2D eigenvalue weighted by atomic mass is 16.6. The predicted molar refractivity (Wildman–Crippen MR) is 106 cm³/mol. The maximum atomic E-state index is 11.0. The molecule has 1 amide bonds. The first-order valence-electron chi connectivity index (χ1n) is 9.50. The van der Waals surface area contributed by atoms with Gasteiger partial charge in [0.25, 0.3) is 0 Å². The van der Waals surface area contributed by atoms with Crippen LogP contribution in [-0.2, 0) is 11.3 Å². The number of hydrogen-bond acceptors (Lipinski definition) is 4. The Morgan fingerprint density at radius 1 is 1.07 bits per heavy atom. The van der Waals surface area contributed by atoms with E-state index >= 15 is 0 Å². The summed E-state index contributed by atoms with van der Waals surface area (Å²) in [6.45, 7) is 8.03. The molecule has 2 aromatic carbocycles. The average Bonchev–Trinajstić information content (AvgIpc) is 3.10. The van der Waals surface area contributed by atoms with Crippen molar-refractivity contribution in [2.75, 3.05) is 26.3 Å². The smallest absolute Gasteiger partial charge is 0.217 e. The van der Waals surface area contributed by atoms with Gasteiger partial charge in [0.1, 0.15) is 13.2 Å². The molecule has 5 nitrogen and oxygen atoms in total. The van der Waals surface area contributed by atoms with Gasteiger partial charge in [-0.1, -0.05) is 42.0 Å². The number of ether oxygens (including phenoxy) is 2. The zero-order valence-electron chi connectivity index (χ0n) is 16.1. The van der Waals surface area contributed by atoms with Crippen LogP contribution in [0.1, 0.15) is 24.5 Å². The fraction of sp³-hybridized carbons (Fsp3) is 0.409. The van der Waals surface area contributed by atoms with Crippen molar-refractivity contribution in [3.05, 3.63) is 59.7 Å². The van der Waals surface area contributed by atoms with Crippen molar-refractivity contribution in [1.82, 2.24) is 10.2 Å². The normalized spacial score (nSPS) is 18.4. The number of carbonyl (C=O) groups excluding carboxylic acids is 1. The number of amides is 1. The Hall–Kier alpha value is -2.53. The summed E-state index contributed by atoms with van der Waals surface area (Å²) in [7, 11) is 0. The van der Waals surface area contributed by atoms with E-state index < -0.39 is 0 Å². The molecule has 2 heterocycles. The molecule has 2 aliphatic heterocycles. The van der Waals surface area contributed by atoms with E-state index in [1.54, 1.807) is 6.92 Å². The third-order valence-electron chi connectivity index (χ3n) is 4.65. The fourth-order valence-corrected chi connectivity index (χ4v) is 3.33. The lowest BCUT2D eigenvalue weighted by atomic mass is 10.1. The van der Waals surface area contributed by atoms with Gasteiger partial charge in [0, 0.05) is 32.6 Å². The van der Waals surface area contributed by atoms with Crippen molar-refractivity contribution in [2.45, 2.75) is 32.9 Å². The molecule has 2 aliphatic rings. The van der Waals surface area contributed by atoms with E-state index in [-0.39, 0.29) is 5.91 Å². The summed E-state index contributed by atoms with van der Waals surface area (Å²) < 4.78 is 10.6. The second-order valence-corrected chi connectivity index (χ2v) is 7.05. The molecule has 5 heteroatoms. The number of carbonyl (C=O) groups is 1. The minimum atomic E-state index is 0.0761. The Bertz CT molecular complexity index is 720. The molecule has 1 saturated heterocycles. The number of rotatable bonds is 3. The van der Waals surface area contributed by atoms with E-state index in [4.69, 9.17) is 9.47 Å². The van der Waals surface area contributed by atoms with Gasteiger partial charge in [0.2, 0.25) is 5.91 Å². The third kappa shape index (κ3) is 6.00. The molecule has 4 rings (SSSR count). The van der Waals surface area contributed by atoms with Crippen molar-refractivity contribution in [3.63, 3.8) is 0 Å². The van der Waals surface area contributed by atoms with Crippen LogP contribution in [0.2, 0.25) is 0 Å². The molecule has 1 unspecified atom stereocenters. The van der Waals surface area contributed by atoms with E-state index in [1.807, 2.05) is 24.3 Å². The lowest BCUT2D eigenvalue weighted by molar-refractivity contribution is -0.119. The topological polar surface area (TPSA) is 50.8 Å². The van der Waals surface area contributed by atoms with Crippen LogP contribution in [-0.4, -0.2) is 43.2 Å². The van der Waals surface area contributed by atoms with Gasteiger partial charge >= 0.3 is 0 Å². The molecule has 1 fully saturated rings. The van der Waals surface area contributed by atoms with Gasteiger partial charge in [-0.15, -0.1) is 0 Å². The number of hydrogen-bond donors (Lipinski definition) is 1. The van der Waals surface area contributed by atoms with Crippen LogP contribution in [0.25, 0.3) is 0 Å². The summed E-state index contributed by atoms with van der Waals surface area (Å²) >= 11 is 0. The average molecular weight is 368 g/mol. The molecular formula is C22H28N2O3. The molecular weight excluding hydrogens is 340 g/mol. The Morgan fingerprint density at radius 2 is 1.70 bits per heavy atom. The number of benzene rings is 2. The molecule has 0 saturated carbocycles. The zero-order valence-corrected chi connectivity index (χ0v) is 16.1. The summed E-state index contributed by atoms with van der Waals surface area (Å²) in [5.41, 5.74) is 2.64. The number of nitrogens with one attached hydrogen (secondary N) is 1. The molecule has 0 spiro atoms. The van der Waals surface area contributed by atoms with Crippen molar-refractivity contribution < 1.29 is 14.3 Å². The van der Waals surface area contributed by atoms with Crippen molar-refractivity contribution in [1.29, 1.82) is 0 Å². The van der Waals surface area contributed by atoms with Gasteiger partial charge in [-0.3, -0.25) is 9.69 Å². The molecule has 27 heavy (non-hydrogen) atoms. The Kier molecular flexibility index (Phi) is 6.71. The first-order valence-corrected chi connectivity index (χ1v) is 9.50. The van der Waals surface area contributed by atoms with E-state index in [0.717, 1.165) is 37.6 Å². The molecule has 144 valence electrons. The zero-order chi connectivity index (χ0) is 19.1. The number of fused-ring (bicyclic) bond motifs is 1. The number of para-hydroxylation sites is 2. The minimum absolute atomic E-state index is 0.0761. The first-order chi connectivity index (χ1) is 13.1. The maximum absolute atomic E-state index is 11.0. The van der Waals surface area contributed by atoms with Gasteiger partial charge in [-0.2, -0.15) is 0 Å². The van der Waals surface area contributed by atoms with Crippen LogP contribution in [0, 0.1) is 6.92 Å². The number of nitrogens with zero attached hydrogens (tertiary/aromatic N) is 1. The molecule has 2 aromatic rings. The number of aryl methyl sites for hydroxylation is 1. The fourth-order valence-electron chi connectivity index (χ4n) is 3.33. The van der Waals surface area contributed by atoms with E-state index in [0.29, 0.717) is 19.3 Å². The van der Waals surface area contributed by atoms with Crippen molar-refractivity contribution in [2.24, 2.45) is 0 Å². The lowest BCUT2D eigenvalue weighted by Crippen LogP contribution is -2.35. The molecule has 0 aromatic heterocycles. The largest absolute Gasteiger partial charge is 0.486 e. The van der Waals surface area contributed by atoms with Crippen LogP contribution in [0.3, 0.4) is 0 Å². The summed E-state index contributed by atoms with van der Waals surface area (Å²) in [6, 6.07) is 16.7. The predicted octanol–water partition coefficient (Wildman–Crippen LogP) is 3.16. The van der Waals surface area contributed by atoms with Crippen LogP contribution < -0.4 is 14.8 Å².